The van der Waals surface area contributed by atoms with E-state index in [4.69, 9.17) is 37.9 Å². The summed E-state index contributed by atoms with van der Waals surface area (Å²) in [5, 5.41) is 155. The van der Waals surface area contributed by atoms with Gasteiger partial charge in [-0.3, -0.25) is 14.4 Å². The van der Waals surface area contributed by atoms with Gasteiger partial charge in [-0.2, -0.15) is 0 Å². The zero-order valence-corrected chi connectivity index (χ0v) is 35.1. The van der Waals surface area contributed by atoms with Gasteiger partial charge >= 0.3 is 0 Å². The number of amides is 3. The van der Waals surface area contributed by atoms with Crippen LogP contribution in [0.3, 0.4) is 0 Å². The second kappa shape index (κ2) is 24.0. The second-order valence-corrected chi connectivity index (χ2v) is 15.9. The third-order valence-electron chi connectivity index (χ3n) is 11.1. The molecule has 17 N–H and O–H groups in total. The Balaban J connectivity index is 1.70. The molecule has 4 rings (SSSR count). The first-order chi connectivity index (χ1) is 30.1. The highest BCUT2D eigenvalue weighted by molar-refractivity contribution is 5.74. The molecule has 4 aliphatic heterocycles. The molecule has 0 radical (unpaired) electrons. The van der Waals surface area contributed by atoms with E-state index in [1.807, 2.05) is 0 Å². The van der Waals surface area contributed by atoms with Crippen LogP contribution in [0.2, 0.25) is 0 Å². The second-order valence-electron chi connectivity index (χ2n) is 15.9. The van der Waals surface area contributed by atoms with Crippen molar-refractivity contribution in [3.63, 3.8) is 0 Å². The van der Waals surface area contributed by atoms with E-state index in [0.29, 0.717) is 0 Å². The van der Waals surface area contributed by atoms with Crippen molar-refractivity contribution < 1.29 is 124 Å². The number of aliphatic hydroxyl groups excluding tert-OH is 14. The van der Waals surface area contributed by atoms with Crippen LogP contribution in [0.15, 0.2) is 0 Å². The Labute approximate surface area is 365 Å². The number of nitrogens with one attached hydrogen (secondary N) is 3. The predicted molar refractivity (Wildman–Crippen MR) is 202 cm³/mol. The third kappa shape index (κ3) is 12.7. The summed E-state index contributed by atoms with van der Waals surface area (Å²) < 4.78 is 46.5. The SMILES string of the molecule is CC(=O)N[C@H]1[C@H](O[C@H]2[C@H](O[C@@H]3O[C@@H](C)[C@@H](O)[C@@H](O)[C@@H]3O)[C@@H](NC(C)=O)[C@H](OC[C@@H](O)[C@H](O)[C@H](O[C@@H]3O[C@H](CO)[C@H](O)[C@H](O)[C@H]3O)[C@H](CO)NC(C)=O)O[C@@H]2CO)O[C@H](CO)[C@H](O)[C@@H]1O. The highest BCUT2D eigenvalue weighted by Gasteiger charge is 2.55. The molecule has 28 nitrogen and oxygen atoms in total. The smallest absolute Gasteiger partial charge is 0.217 e. The summed E-state index contributed by atoms with van der Waals surface area (Å²) in [6, 6.07) is -4.83. The van der Waals surface area contributed by atoms with Gasteiger partial charge in [0.15, 0.2) is 25.2 Å². The Kier molecular flexibility index (Phi) is 20.3. The molecule has 4 heterocycles. The van der Waals surface area contributed by atoms with Crippen molar-refractivity contribution in [2.45, 2.75) is 175 Å². The number of carbonyl (C=O) groups excluding carboxylic acids is 3. The van der Waals surface area contributed by atoms with Gasteiger partial charge in [0, 0.05) is 20.8 Å². The lowest BCUT2D eigenvalue weighted by atomic mass is 9.93. The van der Waals surface area contributed by atoms with Crippen molar-refractivity contribution in [3.8, 4) is 0 Å². The molecule has 0 aliphatic carbocycles. The van der Waals surface area contributed by atoms with E-state index in [1.54, 1.807) is 0 Å². The summed E-state index contributed by atoms with van der Waals surface area (Å²) in [7, 11) is 0. The van der Waals surface area contributed by atoms with Gasteiger partial charge in [0.1, 0.15) is 110 Å². The van der Waals surface area contributed by atoms with Crippen molar-refractivity contribution in [1.82, 2.24) is 16.0 Å². The van der Waals surface area contributed by atoms with Gasteiger partial charge in [-0.25, -0.2) is 0 Å². The fraction of sp³-hybridized carbons (Fsp3) is 0.917. The minimum absolute atomic E-state index is 0.740. The summed E-state index contributed by atoms with van der Waals surface area (Å²) in [5.41, 5.74) is 0. The lowest BCUT2D eigenvalue weighted by molar-refractivity contribution is -0.367. The minimum Gasteiger partial charge on any atom is -0.394 e. The van der Waals surface area contributed by atoms with Gasteiger partial charge in [-0.05, 0) is 6.92 Å². The average molecular weight is 938 g/mol. The maximum Gasteiger partial charge on any atom is 0.217 e. The van der Waals surface area contributed by atoms with E-state index in [1.165, 1.54) is 6.92 Å². The fourth-order valence-corrected chi connectivity index (χ4v) is 7.68. The lowest BCUT2D eigenvalue weighted by Crippen LogP contribution is -2.71. The molecule has 4 saturated heterocycles. The van der Waals surface area contributed by atoms with Crippen LogP contribution in [0.4, 0.5) is 0 Å². The Hall–Kier alpha value is -2.47. The van der Waals surface area contributed by atoms with Crippen LogP contribution in [0.5, 0.6) is 0 Å². The molecule has 0 unspecified atom stereocenters. The maximum atomic E-state index is 12.8. The molecule has 4 aliphatic rings. The average Bonchev–Trinajstić information content (AvgIpc) is 3.25. The predicted octanol–water partition coefficient (Wildman–Crippen LogP) is -10.8. The zero-order valence-electron chi connectivity index (χ0n) is 35.1. The summed E-state index contributed by atoms with van der Waals surface area (Å²) >= 11 is 0. The summed E-state index contributed by atoms with van der Waals surface area (Å²) in [5.74, 6) is -2.32. The molecule has 4 fully saturated rings. The monoisotopic (exact) mass is 937 g/mol. The fourth-order valence-electron chi connectivity index (χ4n) is 7.68. The quantitative estimate of drug-likeness (QED) is 0.0572. The van der Waals surface area contributed by atoms with Crippen LogP contribution >= 0.6 is 0 Å². The summed E-state index contributed by atoms with van der Waals surface area (Å²) in [6.45, 7) is -0.256. The van der Waals surface area contributed by atoms with E-state index in [2.05, 4.69) is 16.0 Å². The molecular formula is C36H63N3O25. The van der Waals surface area contributed by atoms with Crippen molar-refractivity contribution in [2.75, 3.05) is 33.0 Å². The first-order valence-corrected chi connectivity index (χ1v) is 20.4. The van der Waals surface area contributed by atoms with Gasteiger partial charge in [-0.15, -0.1) is 0 Å². The molecule has 0 aromatic heterocycles. The van der Waals surface area contributed by atoms with Crippen molar-refractivity contribution in [2.24, 2.45) is 0 Å². The lowest BCUT2D eigenvalue weighted by Gasteiger charge is -2.50. The highest BCUT2D eigenvalue weighted by Crippen LogP contribution is 2.34. The molecule has 0 spiro atoms. The normalized spacial score (nSPS) is 42.5. The van der Waals surface area contributed by atoms with Gasteiger partial charge in [0.25, 0.3) is 0 Å². The summed E-state index contributed by atoms with van der Waals surface area (Å²) in [6.07, 6.45) is -38.0. The zero-order chi connectivity index (χ0) is 47.9. The van der Waals surface area contributed by atoms with Crippen molar-refractivity contribution in [3.05, 3.63) is 0 Å². The first-order valence-electron chi connectivity index (χ1n) is 20.4. The standard InChI is InChI=1S/C36H63N3O25/c1-10-21(48)26(53)28(55)35(58-10)64-32-20(39-13(4)46)33(61-18(8-43)31(32)63-34-19(38-12(3)45)25(52)23(50)16(6-41)59-34)57-9-15(47)22(49)30(14(5-40)37-11(2)44)62-36-29(56)27(54)24(51)17(7-42)60-36/h10,14-36,40-43,47-56H,5-9H2,1-4H3,(H,37,44)(H,38,45)(H,39,46)/t10-,14-,15+,16+,17+,18+,19+,20+,21+,22-,23-,24-,25+,26+,27-,28-,29+,30+,31+,32+,33+,34-,35-,36-/m0/s1. The van der Waals surface area contributed by atoms with Crippen LogP contribution in [0.25, 0.3) is 0 Å². The van der Waals surface area contributed by atoms with Gasteiger partial charge in [0.2, 0.25) is 17.7 Å². The molecule has 0 bridgehead atoms. The number of hydrogen-bond donors (Lipinski definition) is 17. The minimum atomic E-state index is -2.22. The van der Waals surface area contributed by atoms with E-state index < -0.39 is 198 Å². The molecule has 3 amide bonds. The van der Waals surface area contributed by atoms with Crippen LogP contribution in [-0.4, -0.2) is 269 Å². The van der Waals surface area contributed by atoms with Crippen molar-refractivity contribution in [1.29, 1.82) is 0 Å². The van der Waals surface area contributed by atoms with Gasteiger partial charge < -0.3 is 125 Å². The number of aliphatic hydroxyl groups is 14. The first kappa shape index (κ1) is 54.1. The van der Waals surface area contributed by atoms with Crippen LogP contribution < -0.4 is 16.0 Å². The molecule has 372 valence electrons. The van der Waals surface area contributed by atoms with E-state index in [0.717, 1.165) is 20.8 Å². The molecule has 64 heavy (non-hydrogen) atoms. The third-order valence-corrected chi connectivity index (χ3v) is 11.1. The topological polar surface area (TPSA) is 444 Å². The Morgan fingerprint density at radius 2 is 1.06 bits per heavy atom. The Morgan fingerprint density at radius 1 is 0.562 bits per heavy atom. The highest BCUT2D eigenvalue weighted by atomic mass is 16.8. The molecule has 0 saturated carbocycles. The molecule has 28 heteroatoms. The summed E-state index contributed by atoms with van der Waals surface area (Å²) in [4.78, 5) is 37.1. The van der Waals surface area contributed by atoms with Crippen LogP contribution in [-0.2, 0) is 52.3 Å². The maximum absolute atomic E-state index is 12.8. The Morgan fingerprint density at radius 3 is 1.61 bits per heavy atom. The van der Waals surface area contributed by atoms with Crippen molar-refractivity contribution >= 4 is 17.7 Å². The van der Waals surface area contributed by atoms with E-state index in [-0.39, 0.29) is 0 Å². The number of ether oxygens (including phenoxy) is 8. The van der Waals surface area contributed by atoms with E-state index >= 15 is 0 Å². The van der Waals surface area contributed by atoms with Gasteiger partial charge in [0.05, 0.1) is 45.2 Å². The molecule has 0 aromatic rings. The molecule has 0 aromatic carbocycles. The van der Waals surface area contributed by atoms with Crippen LogP contribution in [0, 0.1) is 0 Å². The number of hydrogen-bond acceptors (Lipinski definition) is 25. The number of rotatable bonds is 19. The number of carbonyl (C=O) groups is 3. The van der Waals surface area contributed by atoms with Gasteiger partial charge in [-0.1, -0.05) is 0 Å². The Bertz CT molecular complexity index is 1490. The molecular weight excluding hydrogens is 874 g/mol. The van der Waals surface area contributed by atoms with Crippen LogP contribution in [0.1, 0.15) is 27.7 Å². The molecule has 24 atom stereocenters. The largest absolute Gasteiger partial charge is 0.394 e. The van der Waals surface area contributed by atoms with E-state index in [9.17, 15) is 85.9 Å².